The average molecular weight is 339 g/mol. The molecule has 1 aliphatic carbocycles. The van der Waals surface area contributed by atoms with Crippen LogP contribution in [0.5, 0.6) is 5.88 Å². The summed E-state index contributed by atoms with van der Waals surface area (Å²) in [5.41, 5.74) is 2.84. The summed E-state index contributed by atoms with van der Waals surface area (Å²) in [5.74, 6) is 0.311. The van der Waals surface area contributed by atoms with E-state index in [2.05, 4.69) is 15.6 Å². The number of amides is 2. The number of carbonyl (C=O) groups is 2. The SMILES string of the molecule is Cc1ccccc1CNC(=O)COc1ccc(NC(=O)C2CC2)cn1. The summed E-state index contributed by atoms with van der Waals surface area (Å²) < 4.78 is 5.37. The maximum Gasteiger partial charge on any atom is 0.258 e. The van der Waals surface area contributed by atoms with Crippen LogP contribution in [0.2, 0.25) is 0 Å². The number of pyridine rings is 1. The fraction of sp³-hybridized carbons (Fsp3) is 0.316. The number of benzene rings is 1. The number of rotatable bonds is 7. The van der Waals surface area contributed by atoms with E-state index in [1.165, 1.54) is 6.20 Å². The minimum Gasteiger partial charge on any atom is -0.468 e. The van der Waals surface area contributed by atoms with Crippen LogP contribution >= 0.6 is 0 Å². The second-order valence-corrected chi connectivity index (χ2v) is 6.14. The Morgan fingerprint density at radius 2 is 2.00 bits per heavy atom. The van der Waals surface area contributed by atoms with E-state index in [1.807, 2.05) is 31.2 Å². The molecular weight excluding hydrogens is 318 g/mol. The zero-order chi connectivity index (χ0) is 17.6. The van der Waals surface area contributed by atoms with Crippen LogP contribution in [0.25, 0.3) is 0 Å². The first-order valence-electron chi connectivity index (χ1n) is 8.33. The molecule has 6 heteroatoms. The number of aryl methyl sites for hydroxylation is 1. The summed E-state index contributed by atoms with van der Waals surface area (Å²) >= 11 is 0. The molecule has 1 heterocycles. The van der Waals surface area contributed by atoms with E-state index < -0.39 is 0 Å². The van der Waals surface area contributed by atoms with Crippen LogP contribution in [-0.2, 0) is 16.1 Å². The van der Waals surface area contributed by atoms with Gasteiger partial charge >= 0.3 is 0 Å². The minimum atomic E-state index is -0.212. The maximum absolute atomic E-state index is 11.9. The molecule has 0 bridgehead atoms. The highest BCUT2D eigenvalue weighted by Gasteiger charge is 2.29. The van der Waals surface area contributed by atoms with Gasteiger partial charge in [-0.25, -0.2) is 4.98 Å². The Hall–Kier alpha value is -2.89. The lowest BCUT2D eigenvalue weighted by Gasteiger charge is -2.09. The Bertz CT molecular complexity index is 755. The highest BCUT2D eigenvalue weighted by molar-refractivity contribution is 5.93. The fourth-order valence-electron chi connectivity index (χ4n) is 2.32. The number of aromatic nitrogens is 1. The normalized spacial score (nSPS) is 13.2. The van der Waals surface area contributed by atoms with Gasteiger partial charge in [-0.2, -0.15) is 0 Å². The van der Waals surface area contributed by atoms with E-state index in [1.54, 1.807) is 12.1 Å². The molecule has 1 saturated carbocycles. The molecule has 2 amide bonds. The molecule has 6 nitrogen and oxygen atoms in total. The van der Waals surface area contributed by atoms with Crippen molar-refractivity contribution in [2.45, 2.75) is 26.3 Å². The van der Waals surface area contributed by atoms with Crippen molar-refractivity contribution in [3.63, 3.8) is 0 Å². The average Bonchev–Trinajstić information content (AvgIpc) is 3.45. The summed E-state index contributed by atoms with van der Waals surface area (Å²) in [6, 6.07) is 11.2. The topological polar surface area (TPSA) is 80.3 Å². The summed E-state index contributed by atoms with van der Waals surface area (Å²) in [4.78, 5) is 27.6. The van der Waals surface area contributed by atoms with Crippen molar-refractivity contribution in [1.82, 2.24) is 10.3 Å². The van der Waals surface area contributed by atoms with Crippen LogP contribution in [0.1, 0.15) is 24.0 Å². The van der Waals surface area contributed by atoms with Gasteiger partial charge in [-0.3, -0.25) is 9.59 Å². The van der Waals surface area contributed by atoms with Gasteiger partial charge in [-0.1, -0.05) is 24.3 Å². The van der Waals surface area contributed by atoms with Crippen LogP contribution in [0.3, 0.4) is 0 Å². The zero-order valence-corrected chi connectivity index (χ0v) is 14.1. The first-order chi connectivity index (χ1) is 12.1. The zero-order valence-electron chi connectivity index (χ0n) is 14.1. The fourth-order valence-corrected chi connectivity index (χ4v) is 2.32. The van der Waals surface area contributed by atoms with Gasteiger partial charge in [0.15, 0.2) is 6.61 Å². The Labute approximate surface area is 146 Å². The molecule has 0 radical (unpaired) electrons. The predicted molar refractivity (Wildman–Crippen MR) is 94.1 cm³/mol. The number of carbonyl (C=O) groups excluding carboxylic acids is 2. The lowest BCUT2D eigenvalue weighted by atomic mass is 10.1. The number of hydrogen-bond acceptors (Lipinski definition) is 4. The smallest absolute Gasteiger partial charge is 0.258 e. The Balaban J connectivity index is 1.42. The van der Waals surface area contributed by atoms with Gasteiger partial charge in [-0.05, 0) is 37.0 Å². The number of nitrogens with zero attached hydrogens (tertiary/aromatic N) is 1. The summed E-state index contributed by atoms with van der Waals surface area (Å²) in [7, 11) is 0. The van der Waals surface area contributed by atoms with Crippen molar-refractivity contribution in [3.05, 3.63) is 53.7 Å². The molecule has 0 unspecified atom stereocenters. The van der Waals surface area contributed by atoms with E-state index in [4.69, 9.17) is 4.74 Å². The van der Waals surface area contributed by atoms with Crippen molar-refractivity contribution in [2.24, 2.45) is 5.92 Å². The Morgan fingerprint density at radius 1 is 1.20 bits per heavy atom. The van der Waals surface area contributed by atoms with Gasteiger partial charge in [0, 0.05) is 18.5 Å². The molecular formula is C19H21N3O3. The number of hydrogen-bond donors (Lipinski definition) is 2. The van der Waals surface area contributed by atoms with Crippen molar-refractivity contribution < 1.29 is 14.3 Å². The third-order valence-electron chi connectivity index (χ3n) is 4.04. The van der Waals surface area contributed by atoms with Gasteiger partial charge in [0.05, 0.1) is 11.9 Å². The molecule has 2 N–H and O–H groups in total. The monoisotopic (exact) mass is 339 g/mol. The number of ether oxygens (including phenoxy) is 1. The summed E-state index contributed by atoms with van der Waals surface area (Å²) in [5, 5.41) is 5.62. The molecule has 0 aliphatic heterocycles. The third kappa shape index (κ3) is 5.04. The lowest BCUT2D eigenvalue weighted by molar-refractivity contribution is -0.123. The van der Waals surface area contributed by atoms with E-state index in [0.717, 1.165) is 24.0 Å². The largest absolute Gasteiger partial charge is 0.468 e. The van der Waals surface area contributed by atoms with Crippen molar-refractivity contribution in [1.29, 1.82) is 0 Å². The minimum absolute atomic E-state index is 0.0334. The third-order valence-corrected chi connectivity index (χ3v) is 4.04. The molecule has 3 rings (SSSR count). The number of anilines is 1. The van der Waals surface area contributed by atoms with Gasteiger partial charge in [0.2, 0.25) is 11.8 Å². The quantitative estimate of drug-likeness (QED) is 0.812. The van der Waals surface area contributed by atoms with E-state index in [9.17, 15) is 9.59 Å². The molecule has 1 aromatic carbocycles. The van der Waals surface area contributed by atoms with Crippen LogP contribution in [-0.4, -0.2) is 23.4 Å². The molecule has 0 saturated heterocycles. The van der Waals surface area contributed by atoms with Gasteiger partial charge in [0.25, 0.3) is 5.91 Å². The van der Waals surface area contributed by atoms with Crippen LogP contribution in [0.4, 0.5) is 5.69 Å². The number of nitrogens with one attached hydrogen (secondary N) is 2. The van der Waals surface area contributed by atoms with E-state index in [0.29, 0.717) is 18.1 Å². The van der Waals surface area contributed by atoms with Crippen LogP contribution in [0.15, 0.2) is 42.6 Å². The molecule has 25 heavy (non-hydrogen) atoms. The Kier molecular flexibility index (Phi) is 5.28. The molecule has 1 aromatic heterocycles. The first-order valence-corrected chi connectivity index (χ1v) is 8.33. The van der Waals surface area contributed by atoms with Crippen LogP contribution in [0, 0.1) is 12.8 Å². The summed E-state index contributed by atoms with van der Waals surface area (Å²) in [6.07, 6.45) is 3.44. The maximum atomic E-state index is 11.9. The highest BCUT2D eigenvalue weighted by Crippen LogP contribution is 2.30. The predicted octanol–water partition coefficient (Wildman–Crippen LogP) is 2.43. The molecule has 0 spiro atoms. The van der Waals surface area contributed by atoms with Crippen LogP contribution < -0.4 is 15.4 Å². The molecule has 1 fully saturated rings. The molecule has 0 atom stereocenters. The van der Waals surface area contributed by atoms with Gasteiger partial charge < -0.3 is 15.4 Å². The van der Waals surface area contributed by atoms with Crippen molar-refractivity contribution in [3.8, 4) is 5.88 Å². The molecule has 1 aliphatic rings. The van der Waals surface area contributed by atoms with E-state index in [-0.39, 0.29) is 24.3 Å². The second kappa shape index (κ2) is 7.79. The first kappa shape index (κ1) is 17.0. The molecule has 2 aromatic rings. The Morgan fingerprint density at radius 3 is 2.68 bits per heavy atom. The summed E-state index contributed by atoms with van der Waals surface area (Å²) in [6.45, 7) is 2.37. The van der Waals surface area contributed by atoms with Gasteiger partial charge in [0.1, 0.15) is 0 Å². The lowest BCUT2D eigenvalue weighted by Crippen LogP contribution is -2.28. The second-order valence-electron chi connectivity index (χ2n) is 6.14. The van der Waals surface area contributed by atoms with Gasteiger partial charge in [-0.15, -0.1) is 0 Å². The van der Waals surface area contributed by atoms with E-state index >= 15 is 0 Å². The van der Waals surface area contributed by atoms with Crippen molar-refractivity contribution in [2.75, 3.05) is 11.9 Å². The standard InChI is InChI=1S/C19H21N3O3/c1-13-4-2-3-5-15(13)10-20-17(23)12-25-18-9-8-16(11-21-18)22-19(24)14-6-7-14/h2-5,8-9,11,14H,6-7,10,12H2,1H3,(H,20,23)(H,22,24). The highest BCUT2D eigenvalue weighted by atomic mass is 16.5. The molecule has 130 valence electrons. The van der Waals surface area contributed by atoms with Crippen molar-refractivity contribution >= 4 is 17.5 Å².